The van der Waals surface area contributed by atoms with E-state index in [0.717, 1.165) is 29.7 Å². The molecule has 0 aliphatic rings. The average Bonchev–Trinajstić information content (AvgIpc) is 2.87. The summed E-state index contributed by atoms with van der Waals surface area (Å²) < 4.78 is 55.5. The van der Waals surface area contributed by atoms with Gasteiger partial charge in [0, 0.05) is 23.4 Å². The van der Waals surface area contributed by atoms with Crippen LogP contribution in [-0.2, 0) is 26.0 Å². The predicted octanol–water partition coefficient (Wildman–Crippen LogP) is 3.95. The van der Waals surface area contributed by atoms with Crippen molar-refractivity contribution in [1.29, 1.82) is 5.41 Å². The van der Waals surface area contributed by atoms with Crippen molar-refractivity contribution in [2.45, 2.75) is 30.8 Å². The van der Waals surface area contributed by atoms with Crippen LogP contribution in [0.2, 0.25) is 0 Å². The number of aliphatic carboxylic acids is 1. The zero-order valence-corrected chi connectivity index (χ0v) is 22.3. The minimum absolute atomic E-state index is 0.0104. The maximum Gasteiger partial charge on any atom is 0.490 e. The van der Waals surface area contributed by atoms with Crippen molar-refractivity contribution in [3.63, 3.8) is 0 Å². The molecule has 0 unspecified atom stereocenters. The van der Waals surface area contributed by atoms with Crippen LogP contribution in [0.15, 0.2) is 77.7 Å². The number of aryl methyl sites for hydroxylation is 1. The molecule has 214 valence electrons. The molecule has 0 atom stereocenters. The van der Waals surface area contributed by atoms with Crippen LogP contribution in [0, 0.1) is 5.41 Å². The van der Waals surface area contributed by atoms with Crippen LogP contribution < -0.4 is 15.8 Å². The number of anilines is 1. The van der Waals surface area contributed by atoms with Crippen LogP contribution in [0.25, 0.3) is 11.1 Å². The topological polar surface area (TPSA) is 168 Å². The lowest BCUT2D eigenvalue weighted by molar-refractivity contribution is -0.192. The van der Waals surface area contributed by atoms with Gasteiger partial charge in [-0.15, -0.1) is 0 Å². The number of halogens is 3. The van der Waals surface area contributed by atoms with Crippen molar-refractivity contribution in [2.24, 2.45) is 10.9 Å². The van der Waals surface area contributed by atoms with Gasteiger partial charge in [0.2, 0.25) is 10.0 Å². The van der Waals surface area contributed by atoms with Crippen LogP contribution in [0.5, 0.6) is 0 Å². The molecule has 3 aromatic rings. The number of alkyl halides is 3. The van der Waals surface area contributed by atoms with Gasteiger partial charge >= 0.3 is 12.1 Å². The number of hydrogen-bond acceptors (Lipinski definition) is 6. The van der Waals surface area contributed by atoms with E-state index in [2.05, 4.69) is 0 Å². The van der Waals surface area contributed by atoms with Gasteiger partial charge < -0.3 is 15.7 Å². The monoisotopic (exact) mass is 578 g/mol. The first-order valence-electron chi connectivity index (χ1n) is 11.8. The summed E-state index contributed by atoms with van der Waals surface area (Å²) in [5, 5.41) is 20.1. The number of carboxylic acids is 1. The Kier molecular flexibility index (Phi) is 11.0. The average molecular weight is 579 g/mol. The molecule has 0 fully saturated rings. The molecule has 0 saturated heterocycles. The molecule has 0 radical (unpaired) electrons. The number of nitrogens with two attached hydrogens (primary N) is 2. The van der Waals surface area contributed by atoms with Crippen molar-refractivity contribution in [3.8, 4) is 11.1 Å². The van der Waals surface area contributed by atoms with Gasteiger partial charge in [0.15, 0.2) is 0 Å². The van der Waals surface area contributed by atoms with E-state index >= 15 is 0 Å². The maximum atomic E-state index is 11.9. The molecule has 0 aromatic heterocycles. The lowest BCUT2D eigenvalue weighted by atomic mass is 10.0. The first-order chi connectivity index (χ1) is 18.6. The number of hydrogen-bond donors (Lipinski definition) is 4. The van der Waals surface area contributed by atoms with Crippen LogP contribution in [0.4, 0.5) is 18.9 Å². The fraction of sp³-hybridized carbons (Fsp3) is 0.222. The van der Waals surface area contributed by atoms with Crippen molar-refractivity contribution in [2.75, 3.05) is 18.0 Å². The zero-order valence-electron chi connectivity index (χ0n) is 21.5. The van der Waals surface area contributed by atoms with E-state index in [0.29, 0.717) is 17.7 Å². The summed E-state index contributed by atoms with van der Waals surface area (Å²) in [5.74, 6) is -2.71. The van der Waals surface area contributed by atoms with Gasteiger partial charge in [-0.2, -0.15) is 13.2 Å². The molecular weight excluding hydrogens is 549 g/mol. The Morgan fingerprint density at radius 3 is 2.12 bits per heavy atom. The number of carbonyl (C=O) groups is 2. The molecule has 6 N–H and O–H groups in total. The first kappa shape index (κ1) is 32.0. The highest BCUT2D eigenvalue weighted by molar-refractivity contribution is 7.89. The van der Waals surface area contributed by atoms with E-state index in [1.54, 1.807) is 31.2 Å². The molecular formula is C27H29F3N4O5S. The number of primary sulfonamides is 1. The molecule has 0 spiro atoms. The second-order valence-electron chi connectivity index (χ2n) is 8.73. The lowest BCUT2D eigenvalue weighted by Crippen LogP contribution is -2.30. The predicted molar refractivity (Wildman–Crippen MR) is 146 cm³/mol. The Morgan fingerprint density at radius 2 is 1.60 bits per heavy atom. The van der Waals surface area contributed by atoms with Crippen molar-refractivity contribution in [1.82, 2.24) is 0 Å². The van der Waals surface area contributed by atoms with Gasteiger partial charge in [0.05, 0.1) is 11.4 Å². The van der Waals surface area contributed by atoms with E-state index in [1.807, 2.05) is 47.4 Å². The molecule has 40 heavy (non-hydrogen) atoms. The number of Topliss-reactive ketones (excluding diaryl/α,β-unsaturated/α-hetero) is 1. The van der Waals surface area contributed by atoms with Crippen molar-refractivity contribution < 1.29 is 36.3 Å². The largest absolute Gasteiger partial charge is 0.490 e. The molecule has 0 bridgehead atoms. The van der Waals surface area contributed by atoms with Crippen molar-refractivity contribution >= 4 is 33.3 Å². The van der Waals surface area contributed by atoms with Crippen LogP contribution >= 0.6 is 0 Å². The number of carbonyl (C=O) groups excluding carboxylic acids is 1. The number of nitrogens with zero attached hydrogens (tertiary/aromatic N) is 1. The molecule has 0 amide bonds. The van der Waals surface area contributed by atoms with Crippen molar-refractivity contribution in [3.05, 3.63) is 83.9 Å². The number of sulfonamides is 1. The third kappa shape index (κ3) is 9.82. The number of ketones is 1. The molecule has 3 rings (SSSR count). The molecule has 3 aromatic carbocycles. The quantitative estimate of drug-likeness (QED) is 0.209. The van der Waals surface area contributed by atoms with E-state index in [-0.39, 0.29) is 23.1 Å². The number of benzene rings is 3. The number of nitrogens with one attached hydrogen (secondary N) is 1. The highest BCUT2D eigenvalue weighted by Crippen LogP contribution is 2.27. The summed E-state index contributed by atoms with van der Waals surface area (Å²) >= 11 is 0. The molecule has 0 aliphatic heterocycles. The van der Waals surface area contributed by atoms with Gasteiger partial charge in [-0.1, -0.05) is 54.6 Å². The highest BCUT2D eigenvalue weighted by Gasteiger charge is 2.38. The summed E-state index contributed by atoms with van der Waals surface area (Å²) in [7, 11) is -3.81. The third-order valence-electron chi connectivity index (χ3n) is 5.53. The van der Waals surface area contributed by atoms with E-state index < -0.39 is 22.2 Å². The fourth-order valence-electron chi connectivity index (χ4n) is 3.72. The summed E-state index contributed by atoms with van der Waals surface area (Å²) in [6.45, 7) is 2.50. The van der Waals surface area contributed by atoms with Gasteiger partial charge in [-0.3, -0.25) is 10.2 Å². The van der Waals surface area contributed by atoms with Crippen LogP contribution in [-0.4, -0.2) is 50.4 Å². The van der Waals surface area contributed by atoms with Gasteiger partial charge in [-0.05, 0) is 49.1 Å². The fourth-order valence-corrected chi connectivity index (χ4v) is 4.48. The minimum atomic E-state index is -5.08. The second-order valence-corrected chi connectivity index (χ2v) is 10.3. The number of carboxylic acid groups (broad SMARTS) is 1. The molecule has 0 heterocycles. The summed E-state index contributed by atoms with van der Waals surface area (Å²) in [4.78, 5) is 22.8. The normalized spacial score (nSPS) is 11.2. The number of rotatable bonds is 10. The van der Waals surface area contributed by atoms with Crippen LogP contribution in [0.3, 0.4) is 0 Å². The Bertz CT molecular complexity index is 1460. The zero-order chi connectivity index (χ0) is 30.1. The van der Waals surface area contributed by atoms with Crippen LogP contribution in [0.1, 0.15) is 24.5 Å². The standard InChI is InChI=1S/C25H28N4O3S.C2HF3O2/c1-18(30)17-29(22-8-4-7-21(16-22)25(26)27)15-5-6-19-11-13-20(14-12-19)23-9-2-3-10-24(23)33(28,31)32;3-2(4,5)1(6)7/h2-4,7-14,16H,5-6,15,17H2,1H3,(H3,26,27)(H2,28,31,32);(H,6,7). The SMILES string of the molecule is CC(=O)CN(CCCc1ccc(-c2ccccc2S(N)(=O)=O)cc1)c1cccc(C(=N)N)c1.O=C(O)C(F)(F)F. The smallest absolute Gasteiger partial charge is 0.475 e. The molecule has 0 aliphatic carbocycles. The molecule has 9 nitrogen and oxygen atoms in total. The second kappa shape index (κ2) is 13.7. The number of amidine groups is 1. The summed E-state index contributed by atoms with van der Waals surface area (Å²) in [5.41, 5.74) is 9.54. The number of nitrogen functional groups attached to an aromatic ring is 1. The third-order valence-corrected chi connectivity index (χ3v) is 6.50. The van der Waals surface area contributed by atoms with E-state index in [1.165, 1.54) is 6.07 Å². The Hall–Kier alpha value is -4.23. The van der Waals surface area contributed by atoms with Gasteiger partial charge in [0.25, 0.3) is 0 Å². The van der Waals surface area contributed by atoms with E-state index in [9.17, 15) is 26.4 Å². The Labute approximate surface area is 229 Å². The molecule has 0 saturated carbocycles. The summed E-state index contributed by atoms with van der Waals surface area (Å²) in [6.07, 6.45) is -3.48. The first-order valence-corrected chi connectivity index (χ1v) is 13.3. The van der Waals surface area contributed by atoms with Gasteiger partial charge in [-0.25, -0.2) is 18.4 Å². The lowest BCUT2D eigenvalue weighted by Gasteiger charge is -2.24. The Morgan fingerprint density at radius 1 is 1.00 bits per heavy atom. The highest BCUT2D eigenvalue weighted by atomic mass is 32.2. The minimum Gasteiger partial charge on any atom is -0.475 e. The molecule has 13 heteroatoms. The Balaban J connectivity index is 0.000000708. The van der Waals surface area contributed by atoms with E-state index in [4.69, 9.17) is 26.2 Å². The maximum absolute atomic E-state index is 11.9. The van der Waals surface area contributed by atoms with Gasteiger partial charge in [0.1, 0.15) is 11.6 Å². The summed E-state index contributed by atoms with van der Waals surface area (Å²) in [6, 6.07) is 21.7.